The number of esters is 1. The number of halogens is 1. The molecule has 0 aromatic heterocycles. The number of sulfonamides is 1. The molecular formula is C16H17ClN2O4S. The van der Waals surface area contributed by atoms with Crippen LogP contribution in [0.4, 0.5) is 0 Å². The molecular weight excluding hydrogens is 352 g/mol. The number of hydrogen-bond acceptors (Lipinski definition) is 5. The maximum atomic E-state index is 12.2. The molecule has 0 spiro atoms. The summed E-state index contributed by atoms with van der Waals surface area (Å²) in [6, 6.07) is 6.72. The van der Waals surface area contributed by atoms with Gasteiger partial charge in [-0.15, -0.1) is 4.40 Å². The minimum atomic E-state index is -3.66. The van der Waals surface area contributed by atoms with Crippen LogP contribution in [0.2, 0.25) is 0 Å². The summed E-state index contributed by atoms with van der Waals surface area (Å²) < 4.78 is 33.4. The topological polar surface area (TPSA) is 76.0 Å². The van der Waals surface area contributed by atoms with Gasteiger partial charge in [0.2, 0.25) is 0 Å². The molecule has 1 fully saturated rings. The van der Waals surface area contributed by atoms with Crippen LogP contribution in [0.1, 0.15) is 18.4 Å². The molecule has 2 heterocycles. The zero-order chi connectivity index (χ0) is 17.3. The number of nitrogens with zero attached hydrogens (tertiary/aromatic N) is 2. The van der Waals surface area contributed by atoms with Crippen molar-refractivity contribution in [3.8, 4) is 0 Å². The molecule has 8 heteroatoms. The van der Waals surface area contributed by atoms with E-state index in [1.807, 2.05) is 4.90 Å². The third-order valence-electron chi connectivity index (χ3n) is 4.04. The summed E-state index contributed by atoms with van der Waals surface area (Å²) in [5.41, 5.74) is 0.584. The summed E-state index contributed by atoms with van der Waals surface area (Å²) in [6.45, 7) is 4.48. The van der Waals surface area contributed by atoms with E-state index < -0.39 is 10.0 Å². The third kappa shape index (κ3) is 3.32. The van der Waals surface area contributed by atoms with E-state index in [0.29, 0.717) is 30.9 Å². The van der Waals surface area contributed by atoms with Crippen molar-refractivity contribution >= 4 is 33.4 Å². The van der Waals surface area contributed by atoms with E-state index in [-0.39, 0.29) is 28.4 Å². The van der Waals surface area contributed by atoms with E-state index >= 15 is 0 Å². The highest BCUT2D eigenvalue weighted by molar-refractivity contribution is 7.90. The van der Waals surface area contributed by atoms with Gasteiger partial charge in [0.1, 0.15) is 11.5 Å². The van der Waals surface area contributed by atoms with E-state index in [9.17, 15) is 13.2 Å². The van der Waals surface area contributed by atoms with Gasteiger partial charge in [0.25, 0.3) is 10.0 Å². The second kappa shape index (κ2) is 6.57. The fraction of sp³-hybridized carbons (Fsp3) is 0.375. The minimum Gasteiger partial charge on any atom is -0.460 e. The Morgan fingerprint density at radius 2 is 2.17 bits per heavy atom. The second-order valence-corrected chi connectivity index (χ2v) is 7.90. The Kier molecular flexibility index (Phi) is 4.64. The molecule has 24 heavy (non-hydrogen) atoms. The van der Waals surface area contributed by atoms with Crippen molar-refractivity contribution in [2.24, 2.45) is 10.3 Å². The van der Waals surface area contributed by atoms with Crippen LogP contribution in [0.15, 0.2) is 45.2 Å². The lowest BCUT2D eigenvalue weighted by Gasteiger charge is -2.32. The highest BCUT2D eigenvalue weighted by atomic mass is 35.5. The number of carbonyl (C=O) groups is 1. The Morgan fingerprint density at radius 3 is 2.92 bits per heavy atom. The van der Waals surface area contributed by atoms with Crippen molar-refractivity contribution < 1.29 is 17.9 Å². The number of hydrogen-bond donors (Lipinski definition) is 0. The Labute approximate surface area is 145 Å². The van der Waals surface area contributed by atoms with Gasteiger partial charge in [0.15, 0.2) is 5.84 Å². The molecule has 128 valence electrons. The lowest BCUT2D eigenvalue weighted by Crippen LogP contribution is -2.42. The molecule has 1 atom stereocenters. The monoisotopic (exact) mass is 368 g/mol. The van der Waals surface area contributed by atoms with Crippen molar-refractivity contribution in [1.82, 2.24) is 4.90 Å². The first-order valence-electron chi connectivity index (χ1n) is 7.58. The first-order chi connectivity index (χ1) is 11.4. The van der Waals surface area contributed by atoms with Gasteiger partial charge >= 0.3 is 5.97 Å². The van der Waals surface area contributed by atoms with E-state index in [1.54, 1.807) is 24.3 Å². The zero-order valence-electron chi connectivity index (χ0n) is 12.9. The van der Waals surface area contributed by atoms with Crippen LogP contribution >= 0.6 is 11.6 Å². The normalized spacial score (nSPS) is 21.8. The molecule has 1 aromatic rings. The fourth-order valence-corrected chi connectivity index (χ4v) is 4.23. The number of piperidine rings is 1. The minimum absolute atomic E-state index is 0.0188. The maximum absolute atomic E-state index is 12.2. The Hall–Kier alpha value is -1.86. The predicted octanol–water partition coefficient (Wildman–Crippen LogP) is 2.14. The van der Waals surface area contributed by atoms with Crippen LogP contribution in [0.25, 0.3) is 0 Å². The van der Waals surface area contributed by atoms with Crippen LogP contribution in [-0.2, 0) is 19.6 Å². The fourth-order valence-electron chi connectivity index (χ4n) is 2.95. The zero-order valence-corrected chi connectivity index (χ0v) is 14.5. The van der Waals surface area contributed by atoms with E-state index in [4.69, 9.17) is 16.3 Å². The molecule has 0 bridgehead atoms. The molecule has 2 aliphatic rings. The maximum Gasteiger partial charge on any atom is 0.311 e. The number of ether oxygens (including phenoxy) is 1. The van der Waals surface area contributed by atoms with Crippen molar-refractivity contribution in [2.45, 2.75) is 17.7 Å². The van der Waals surface area contributed by atoms with Crippen LogP contribution in [0.5, 0.6) is 0 Å². The molecule has 0 radical (unpaired) electrons. The van der Waals surface area contributed by atoms with Gasteiger partial charge in [0.05, 0.1) is 5.92 Å². The molecule has 0 saturated carbocycles. The first-order valence-corrected chi connectivity index (χ1v) is 9.39. The van der Waals surface area contributed by atoms with Gasteiger partial charge in [-0.3, -0.25) is 4.79 Å². The van der Waals surface area contributed by atoms with Gasteiger partial charge in [-0.05, 0) is 25.0 Å². The van der Waals surface area contributed by atoms with Gasteiger partial charge in [0, 0.05) is 23.7 Å². The van der Waals surface area contributed by atoms with Crippen LogP contribution in [-0.4, -0.2) is 44.8 Å². The number of benzene rings is 1. The summed E-state index contributed by atoms with van der Waals surface area (Å²) in [7, 11) is -3.66. The summed E-state index contributed by atoms with van der Waals surface area (Å²) >= 11 is 5.61. The standard InChI is InChI=1S/C16H17ClN2O4S/c1-11(17)10-23-16(20)12-5-4-8-19(9-12)15-13-6-2-3-7-14(13)24(21,22)18-15/h2-3,6-7,12H,1,4-5,8-10H2. The van der Waals surface area contributed by atoms with Crippen molar-refractivity contribution in [2.75, 3.05) is 19.7 Å². The van der Waals surface area contributed by atoms with E-state index in [2.05, 4.69) is 11.0 Å². The summed E-state index contributed by atoms with van der Waals surface area (Å²) in [6.07, 6.45) is 1.44. The average Bonchev–Trinajstić information content (AvgIpc) is 2.85. The first kappa shape index (κ1) is 17.0. The number of carbonyl (C=O) groups excluding carboxylic acids is 1. The van der Waals surface area contributed by atoms with Crippen molar-refractivity contribution in [3.05, 3.63) is 41.4 Å². The van der Waals surface area contributed by atoms with Crippen molar-refractivity contribution in [3.63, 3.8) is 0 Å². The van der Waals surface area contributed by atoms with Crippen LogP contribution in [0.3, 0.4) is 0 Å². The second-order valence-electron chi connectivity index (χ2n) is 5.80. The molecule has 3 rings (SSSR count). The summed E-state index contributed by atoms with van der Waals surface area (Å²) in [5.74, 6) is -0.283. The number of fused-ring (bicyclic) bond motifs is 1. The largest absolute Gasteiger partial charge is 0.460 e. The summed E-state index contributed by atoms with van der Waals surface area (Å²) in [5, 5.41) is 0.260. The lowest BCUT2D eigenvalue weighted by atomic mass is 9.97. The van der Waals surface area contributed by atoms with Crippen LogP contribution in [0, 0.1) is 5.92 Å². The van der Waals surface area contributed by atoms with E-state index in [1.165, 1.54) is 0 Å². The quantitative estimate of drug-likeness (QED) is 0.764. The predicted molar refractivity (Wildman–Crippen MR) is 90.4 cm³/mol. The van der Waals surface area contributed by atoms with Gasteiger partial charge in [-0.2, -0.15) is 8.42 Å². The number of amidine groups is 1. The Bertz CT molecular complexity index is 819. The van der Waals surface area contributed by atoms with Gasteiger partial charge in [-0.25, -0.2) is 0 Å². The molecule has 0 aliphatic carbocycles. The van der Waals surface area contributed by atoms with Crippen molar-refractivity contribution in [1.29, 1.82) is 0 Å². The third-order valence-corrected chi connectivity index (χ3v) is 5.47. The average molecular weight is 369 g/mol. The highest BCUT2D eigenvalue weighted by Gasteiger charge is 2.35. The highest BCUT2D eigenvalue weighted by Crippen LogP contribution is 2.30. The van der Waals surface area contributed by atoms with Crippen LogP contribution < -0.4 is 0 Å². The summed E-state index contributed by atoms with van der Waals surface area (Å²) in [4.78, 5) is 14.2. The molecule has 1 saturated heterocycles. The molecule has 0 amide bonds. The number of rotatable bonds is 3. The molecule has 2 aliphatic heterocycles. The Balaban J connectivity index is 1.79. The molecule has 1 aromatic carbocycles. The number of likely N-dealkylation sites (tertiary alicyclic amines) is 1. The molecule has 6 nitrogen and oxygen atoms in total. The van der Waals surface area contributed by atoms with E-state index in [0.717, 1.165) is 6.42 Å². The van der Waals surface area contributed by atoms with Gasteiger partial charge in [-0.1, -0.05) is 30.3 Å². The SMILES string of the molecule is C=C(Cl)COC(=O)C1CCCN(C2=NS(=O)(=O)c3ccccc32)C1. The Morgan fingerprint density at radius 1 is 1.42 bits per heavy atom. The van der Waals surface area contributed by atoms with Gasteiger partial charge < -0.3 is 9.64 Å². The molecule has 1 unspecified atom stereocenters. The smallest absolute Gasteiger partial charge is 0.311 e. The molecule has 0 N–H and O–H groups in total. The lowest BCUT2D eigenvalue weighted by molar-refractivity contribution is -0.148.